The average Bonchev–Trinajstić information content (AvgIpc) is 3.93. The van der Waals surface area contributed by atoms with Gasteiger partial charge in [-0.3, -0.25) is 0 Å². The highest BCUT2D eigenvalue weighted by Crippen LogP contribution is 2.32. The van der Waals surface area contributed by atoms with Crippen molar-refractivity contribution in [1.82, 2.24) is 20.4 Å². The van der Waals surface area contributed by atoms with Crippen molar-refractivity contribution in [3.05, 3.63) is 90.0 Å². The van der Waals surface area contributed by atoms with E-state index < -0.39 is 0 Å². The highest BCUT2D eigenvalue weighted by Gasteiger charge is 2.17. The Labute approximate surface area is 361 Å². The molecule has 5 aromatic rings. The van der Waals surface area contributed by atoms with E-state index in [2.05, 4.69) is 117 Å². The number of aryl methyl sites for hydroxylation is 2. The van der Waals surface area contributed by atoms with E-state index in [9.17, 15) is 0 Å². The quantitative estimate of drug-likeness (QED) is 0.0484. The van der Waals surface area contributed by atoms with Crippen LogP contribution >= 0.6 is 0 Å². The molecule has 0 spiro atoms. The van der Waals surface area contributed by atoms with Gasteiger partial charge in [-0.2, -0.15) is 0 Å². The predicted octanol–water partition coefficient (Wildman–Crippen LogP) is 14.7. The first-order valence-corrected chi connectivity index (χ1v) is 22.9. The monoisotopic (exact) mass is 817 g/mol. The van der Waals surface area contributed by atoms with Gasteiger partial charge in [0.05, 0.1) is 11.2 Å². The fourth-order valence-electron chi connectivity index (χ4n) is 7.33. The molecule has 0 saturated heterocycles. The van der Waals surface area contributed by atoms with Crippen molar-refractivity contribution >= 4 is 6.08 Å². The van der Waals surface area contributed by atoms with Crippen LogP contribution in [0.5, 0.6) is 0 Å². The maximum Gasteiger partial charge on any atom is 0.248 e. The van der Waals surface area contributed by atoms with Gasteiger partial charge in [0.1, 0.15) is 0 Å². The van der Waals surface area contributed by atoms with Crippen LogP contribution in [0, 0.1) is 0 Å². The largest absolute Gasteiger partial charge is 0.416 e. The molecule has 0 fully saturated rings. The van der Waals surface area contributed by atoms with Crippen molar-refractivity contribution in [3.63, 3.8) is 0 Å². The van der Waals surface area contributed by atoms with Crippen LogP contribution < -0.4 is 0 Å². The number of hydrogen-bond donors (Lipinski definition) is 0. The van der Waals surface area contributed by atoms with Gasteiger partial charge >= 0.3 is 0 Å². The van der Waals surface area contributed by atoms with Crippen LogP contribution in [0.1, 0.15) is 161 Å². The minimum Gasteiger partial charge on any atom is -0.416 e. The number of ether oxygens (including phenoxy) is 2. The molecule has 60 heavy (non-hydrogen) atoms. The summed E-state index contributed by atoms with van der Waals surface area (Å²) in [6.45, 7) is 18.5. The lowest BCUT2D eigenvalue weighted by Gasteiger charge is -2.19. The molecule has 324 valence electrons. The second kappa shape index (κ2) is 24.1. The zero-order valence-electron chi connectivity index (χ0n) is 37.7. The highest BCUT2D eigenvalue weighted by atomic mass is 16.5. The topological polar surface area (TPSA) is 96.3 Å². The van der Waals surface area contributed by atoms with Crippen molar-refractivity contribution < 1.29 is 18.3 Å². The van der Waals surface area contributed by atoms with Crippen LogP contribution in [0.25, 0.3) is 51.9 Å². The van der Waals surface area contributed by atoms with E-state index in [1.807, 2.05) is 18.2 Å². The van der Waals surface area contributed by atoms with E-state index in [0.29, 0.717) is 23.6 Å². The first kappa shape index (κ1) is 46.7. The molecule has 0 bridgehead atoms. The maximum atomic E-state index is 6.17. The fourth-order valence-corrected chi connectivity index (χ4v) is 7.33. The minimum absolute atomic E-state index is 0.0237. The molecule has 0 atom stereocenters. The molecule has 0 aliphatic rings. The van der Waals surface area contributed by atoms with Crippen molar-refractivity contribution in [2.45, 2.75) is 168 Å². The lowest BCUT2D eigenvalue weighted by atomic mass is 10.0. The summed E-state index contributed by atoms with van der Waals surface area (Å²) in [4.78, 5) is 0. The van der Waals surface area contributed by atoms with Gasteiger partial charge in [0.25, 0.3) is 0 Å². The van der Waals surface area contributed by atoms with Gasteiger partial charge < -0.3 is 18.3 Å². The van der Waals surface area contributed by atoms with Crippen LogP contribution in [-0.4, -0.2) is 44.8 Å². The summed E-state index contributed by atoms with van der Waals surface area (Å²) in [5.41, 5.74) is 6.87. The molecule has 0 aliphatic heterocycles. The number of unbranched alkanes of at least 4 members (excludes halogenated alkanes) is 14. The van der Waals surface area contributed by atoms with Gasteiger partial charge in [0.2, 0.25) is 23.6 Å². The summed E-state index contributed by atoms with van der Waals surface area (Å²) in [6, 6.07) is 22.8. The molecule has 0 N–H and O–H groups in total. The van der Waals surface area contributed by atoms with Gasteiger partial charge in [-0.1, -0.05) is 114 Å². The van der Waals surface area contributed by atoms with E-state index in [1.165, 1.54) is 114 Å². The van der Waals surface area contributed by atoms with Crippen LogP contribution in [0.4, 0.5) is 0 Å². The first-order valence-electron chi connectivity index (χ1n) is 22.9. The molecule has 0 aliphatic carbocycles. The van der Waals surface area contributed by atoms with Gasteiger partial charge in [-0.15, -0.1) is 20.4 Å². The summed E-state index contributed by atoms with van der Waals surface area (Å²) >= 11 is 0. The van der Waals surface area contributed by atoms with Crippen molar-refractivity contribution in [1.29, 1.82) is 0 Å². The summed E-state index contributed by atoms with van der Waals surface area (Å²) < 4.78 is 24.0. The Balaban J connectivity index is 1.02. The SMILES string of the molecule is C=Cc1cc(-c2nnc(-c3ccc(CCCCCCCCCCOC(C)(C)C)cc3)o2)ccc1-c1nnc(-c2ccc(CCCCCCCCCCOC(C)(C)C)cc2)o1. The van der Waals surface area contributed by atoms with Crippen LogP contribution in [0.15, 0.2) is 82.1 Å². The summed E-state index contributed by atoms with van der Waals surface area (Å²) in [6.07, 6.45) is 24.3. The van der Waals surface area contributed by atoms with Crippen molar-refractivity contribution in [3.8, 4) is 45.8 Å². The van der Waals surface area contributed by atoms with Crippen molar-refractivity contribution in [2.75, 3.05) is 13.2 Å². The molecule has 8 nitrogen and oxygen atoms in total. The number of aromatic nitrogens is 4. The van der Waals surface area contributed by atoms with Gasteiger partial charge in [-0.05, 0) is 139 Å². The standard InChI is InChI=1S/C52H72N4O4/c1-8-42-39-45(49-55-53-47(59-49)43-31-27-40(28-32-43)25-21-17-13-9-11-15-19-23-37-57-51(2,3)4)35-36-46(42)50-56-54-48(60-50)44-33-29-41(30-34-44)26-22-18-14-10-12-16-20-24-38-58-52(5,6)7/h8,27-36,39H,1,9-26,37-38H2,2-7H3. The number of rotatable bonds is 27. The Morgan fingerprint density at radius 1 is 0.450 bits per heavy atom. The van der Waals surface area contributed by atoms with Crippen LogP contribution in [0.3, 0.4) is 0 Å². The second-order valence-corrected chi connectivity index (χ2v) is 18.3. The third-order valence-corrected chi connectivity index (χ3v) is 10.8. The molecule has 2 aromatic heterocycles. The molecular weight excluding hydrogens is 745 g/mol. The zero-order chi connectivity index (χ0) is 42.6. The van der Waals surface area contributed by atoms with Gasteiger partial charge in [-0.25, -0.2) is 0 Å². The Morgan fingerprint density at radius 3 is 1.22 bits per heavy atom. The van der Waals surface area contributed by atoms with Crippen LogP contribution in [-0.2, 0) is 22.3 Å². The molecule has 0 amide bonds. The lowest BCUT2D eigenvalue weighted by molar-refractivity contribution is -0.00511. The second-order valence-electron chi connectivity index (χ2n) is 18.3. The minimum atomic E-state index is -0.0240. The Hall–Kier alpha value is -4.40. The maximum absolute atomic E-state index is 6.17. The van der Waals surface area contributed by atoms with Crippen LogP contribution in [0.2, 0.25) is 0 Å². The number of benzene rings is 3. The van der Waals surface area contributed by atoms with E-state index >= 15 is 0 Å². The van der Waals surface area contributed by atoms with E-state index in [1.54, 1.807) is 6.08 Å². The van der Waals surface area contributed by atoms with Gasteiger partial charge in [0.15, 0.2) is 0 Å². The first-order chi connectivity index (χ1) is 29.0. The van der Waals surface area contributed by atoms with Gasteiger partial charge in [0, 0.05) is 35.5 Å². The summed E-state index contributed by atoms with van der Waals surface area (Å²) in [5, 5.41) is 17.5. The molecule has 2 heterocycles. The normalized spacial score (nSPS) is 12.0. The Kier molecular flexibility index (Phi) is 18.8. The molecule has 8 heteroatoms. The lowest BCUT2D eigenvalue weighted by Crippen LogP contribution is -2.19. The molecule has 5 rings (SSSR count). The number of hydrogen-bond acceptors (Lipinski definition) is 8. The predicted molar refractivity (Wildman–Crippen MR) is 247 cm³/mol. The summed E-state index contributed by atoms with van der Waals surface area (Å²) in [5.74, 6) is 1.88. The average molecular weight is 817 g/mol. The fraction of sp³-hybridized carbons (Fsp3) is 0.538. The third kappa shape index (κ3) is 16.6. The Bertz CT molecular complexity index is 1960. The molecule has 0 radical (unpaired) electrons. The Morgan fingerprint density at radius 2 is 0.800 bits per heavy atom. The molecule has 3 aromatic carbocycles. The molecular formula is C52H72N4O4. The van der Waals surface area contributed by atoms with E-state index in [-0.39, 0.29) is 11.2 Å². The zero-order valence-corrected chi connectivity index (χ0v) is 37.7. The van der Waals surface area contributed by atoms with E-state index in [4.69, 9.17) is 18.3 Å². The highest BCUT2D eigenvalue weighted by molar-refractivity contribution is 5.75. The number of nitrogens with zero attached hydrogens (tertiary/aromatic N) is 4. The van der Waals surface area contributed by atoms with E-state index in [0.717, 1.165) is 53.9 Å². The molecule has 0 saturated carbocycles. The molecule has 0 unspecified atom stereocenters. The van der Waals surface area contributed by atoms with Crippen molar-refractivity contribution in [2.24, 2.45) is 0 Å². The third-order valence-electron chi connectivity index (χ3n) is 10.8. The smallest absolute Gasteiger partial charge is 0.248 e. The summed E-state index contributed by atoms with van der Waals surface area (Å²) in [7, 11) is 0.